The van der Waals surface area contributed by atoms with Crippen LogP contribution in [0.2, 0.25) is 0 Å². The van der Waals surface area contributed by atoms with Crippen LogP contribution >= 0.6 is 12.4 Å². The van der Waals surface area contributed by atoms with Crippen LogP contribution in [0.15, 0.2) is 78.9 Å². The van der Waals surface area contributed by atoms with E-state index >= 15 is 0 Å². The highest BCUT2D eigenvalue weighted by Crippen LogP contribution is 2.20. The highest BCUT2D eigenvalue weighted by molar-refractivity contribution is 5.92. The first-order valence-electron chi connectivity index (χ1n) is 11.2. The first-order valence-corrected chi connectivity index (χ1v) is 11.2. The van der Waals surface area contributed by atoms with Crippen LogP contribution in [-0.2, 0) is 13.0 Å². The number of aryl methyl sites for hydroxylation is 1. The molecule has 6 nitrogen and oxygen atoms in total. The minimum Gasteiger partial charge on any atom is -0.491 e. The summed E-state index contributed by atoms with van der Waals surface area (Å²) in [6.07, 6.45) is 1.15. The van der Waals surface area contributed by atoms with Crippen LogP contribution < -0.4 is 20.5 Å². The molecule has 1 amide bonds. The van der Waals surface area contributed by atoms with Gasteiger partial charge in [-0.1, -0.05) is 48.5 Å². The summed E-state index contributed by atoms with van der Waals surface area (Å²) < 4.78 is 11.6. The van der Waals surface area contributed by atoms with Gasteiger partial charge in [-0.3, -0.25) is 4.79 Å². The van der Waals surface area contributed by atoms with Crippen molar-refractivity contribution in [3.63, 3.8) is 0 Å². The number of hydrogen-bond donors (Lipinski definition) is 3. The van der Waals surface area contributed by atoms with E-state index in [0.717, 1.165) is 29.7 Å². The van der Waals surface area contributed by atoms with Crippen LogP contribution in [0.5, 0.6) is 11.5 Å². The third-order valence-corrected chi connectivity index (χ3v) is 5.30. The van der Waals surface area contributed by atoms with E-state index in [-0.39, 0.29) is 25.1 Å². The normalized spacial score (nSPS) is 12.3. The Hall–Kier alpha value is -3.06. The minimum atomic E-state index is -0.629. The second-order valence-corrected chi connectivity index (χ2v) is 8.12. The van der Waals surface area contributed by atoms with Crippen molar-refractivity contribution in [2.24, 2.45) is 5.73 Å². The van der Waals surface area contributed by atoms with Crippen LogP contribution in [0.3, 0.4) is 0 Å². The van der Waals surface area contributed by atoms with Gasteiger partial charge < -0.3 is 25.6 Å². The molecule has 4 N–H and O–H groups in total. The zero-order valence-electron chi connectivity index (χ0n) is 19.4. The second-order valence-electron chi connectivity index (χ2n) is 8.12. The van der Waals surface area contributed by atoms with Crippen molar-refractivity contribution < 1.29 is 19.4 Å². The summed E-state index contributed by atoms with van der Waals surface area (Å²) in [7, 11) is 0. The standard InChI is InChI=1S/C27H32N2O4.ClH/c1-20(10-11-21-12-14-23(15-13-21)27(28)31)29-17-24(30)19-33-26-9-5-8-25(16-26)32-18-22-6-3-2-4-7-22;/h2-9,12-16,20,24,29-30H,10-11,17-19H2,1H3,(H2,28,31);1H/t20-,24?;/m1./s1. The number of hydrogen-bond acceptors (Lipinski definition) is 5. The molecule has 3 rings (SSSR count). The highest BCUT2D eigenvalue weighted by Gasteiger charge is 2.09. The molecule has 3 aromatic rings. The molecule has 182 valence electrons. The predicted octanol–water partition coefficient (Wildman–Crippen LogP) is 4.14. The third kappa shape index (κ3) is 9.43. The van der Waals surface area contributed by atoms with Gasteiger partial charge in [0, 0.05) is 24.2 Å². The maximum absolute atomic E-state index is 11.1. The summed E-state index contributed by atoms with van der Waals surface area (Å²) in [6.45, 7) is 3.20. The number of ether oxygens (including phenoxy) is 2. The second kappa shape index (κ2) is 14.3. The van der Waals surface area contributed by atoms with Crippen molar-refractivity contribution in [3.8, 4) is 11.5 Å². The van der Waals surface area contributed by atoms with Gasteiger partial charge in [-0.05, 0) is 55.2 Å². The Morgan fingerprint density at radius 3 is 2.29 bits per heavy atom. The number of amides is 1. The van der Waals surface area contributed by atoms with Gasteiger partial charge in [0.2, 0.25) is 5.91 Å². The van der Waals surface area contributed by atoms with Crippen LogP contribution in [0.1, 0.15) is 34.8 Å². The van der Waals surface area contributed by atoms with E-state index in [9.17, 15) is 9.90 Å². The van der Waals surface area contributed by atoms with E-state index < -0.39 is 12.0 Å². The number of nitrogens with two attached hydrogens (primary N) is 1. The quantitative estimate of drug-likeness (QED) is 0.339. The van der Waals surface area contributed by atoms with Crippen molar-refractivity contribution in [3.05, 3.63) is 95.6 Å². The molecule has 2 atom stereocenters. The average molecular weight is 485 g/mol. The average Bonchev–Trinajstić information content (AvgIpc) is 2.85. The van der Waals surface area contributed by atoms with E-state index in [1.807, 2.05) is 66.7 Å². The summed E-state index contributed by atoms with van der Waals surface area (Å²) in [4.78, 5) is 11.1. The van der Waals surface area contributed by atoms with Gasteiger partial charge in [0.25, 0.3) is 0 Å². The van der Waals surface area contributed by atoms with Crippen molar-refractivity contribution >= 4 is 18.3 Å². The molecule has 0 saturated carbocycles. The molecule has 0 aliphatic rings. The first kappa shape index (κ1) is 27.2. The fraction of sp³-hybridized carbons (Fsp3) is 0.296. The number of carbonyl (C=O) groups is 1. The molecule has 0 saturated heterocycles. The number of carbonyl (C=O) groups excluding carboxylic acids is 1. The predicted molar refractivity (Wildman–Crippen MR) is 137 cm³/mol. The summed E-state index contributed by atoms with van der Waals surface area (Å²) in [5.74, 6) is 0.966. The molecule has 0 radical (unpaired) electrons. The maximum atomic E-state index is 11.1. The maximum Gasteiger partial charge on any atom is 0.248 e. The number of halogens is 1. The molecule has 7 heteroatoms. The smallest absolute Gasteiger partial charge is 0.248 e. The zero-order chi connectivity index (χ0) is 23.5. The molecule has 0 aromatic heterocycles. The van der Waals surface area contributed by atoms with Crippen molar-refractivity contribution in [1.29, 1.82) is 0 Å². The Morgan fingerprint density at radius 1 is 0.941 bits per heavy atom. The third-order valence-electron chi connectivity index (χ3n) is 5.30. The van der Waals surface area contributed by atoms with Gasteiger partial charge >= 0.3 is 0 Å². The molecule has 3 aromatic carbocycles. The number of primary amides is 1. The molecular weight excluding hydrogens is 452 g/mol. The summed E-state index contributed by atoms with van der Waals surface area (Å²) in [6, 6.07) is 25.0. The summed E-state index contributed by atoms with van der Waals surface area (Å²) in [5, 5.41) is 13.6. The largest absolute Gasteiger partial charge is 0.491 e. The topological polar surface area (TPSA) is 93.8 Å². The molecule has 0 spiro atoms. The molecule has 0 heterocycles. The number of nitrogens with one attached hydrogen (secondary N) is 1. The van der Waals surface area contributed by atoms with Gasteiger partial charge in [0.1, 0.15) is 30.8 Å². The van der Waals surface area contributed by atoms with Crippen LogP contribution in [-0.4, -0.2) is 36.3 Å². The number of benzene rings is 3. The lowest BCUT2D eigenvalue weighted by Crippen LogP contribution is -2.36. The minimum absolute atomic E-state index is 0. The Bertz CT molecular complexity index is 999. The summed E-state index contributed by atoms with van der Waals surface area (Å²) in [5.41, 5.74) is 8.03. The van der Waals surface area contributed by atoms with E-state index in [0.29, 0.717) is 24.5 Å². The summed E-state index contributed by atoms with van der Waals surface area (Å²) >= 11 is 0. The Labute approximate surface area is 207 Å². The first-order chi connectivity index (χ1) is 16.0. The molecule has 1 unspecified atom stereocenters. The van der Waals surface area contributed by atoms with Gasteiger partial charge in [0.05, 0.1) is 0 Å². The zero-order valence-corrected chi connectivity index (χ0v) is 20.2. The monoisotopic (exact) mass is 484 g/mol. The van der Waals surface area contributed by atoms with E-state index in [2.05, 4.69) is 12.2 Å². The molecule has 0 aliphatic carbocycles. The van der Waals surface area contributed by atoms with Crippen LogP contribution in [0.25, 0.3) is 0 Å². The van der Waals surface area contributed by atoms with Crippen LogP contribution in [0.4, 0.5) is 0 Å². The van der Waals surface area contributed by atoms with Gasteiger partial charge in [-0.25, -0.2) is 0 Å². The number of rotatable bonds is 13. The van der Waals surface area contributed by atoms with Crippen LogP contribution in [0, 0.1) is 0 Å². The molecule has 34 heavy (non-hydrogen) atoms. The fourth-order valence-electron chi connectivity index (χ4n) is 3.30. The van der Waals surface area contributed by atoms with Crippen molar-refractivity contribution in [2.45, 2.75) is 38.5 Å². The van der Waals surface area contributed by atoms with Crippen molar-refractivity contribution in [2.75, 3.05) is 13.2 Å². The highest BCUT2D eigenvalue weighted by atomic mass is 35.5. The Kier molecular flexibility index (Phi) is 11.4. The molecule has 0 aliphatic heterocycles. The Balaban J connectivity index is 0.00000408. The van der Waals surface area contributed by atoms with E-state index in [1.54, 1.807) is 12.1 Å². The number of aliphatic hydroxyl groups excluding tert-OH is 1. The lowest BCUT2D eigenvalue weighted by Gasteiger charge is -2.18. The van der Waals surface area contributed by atoms with E-state index in [4.69, 9.17) is 15.2 Å². The molecular formula is C27H33ClN2O4. The lowest BCUT2D eigenvalue weighted by atomic mass is 10.0. The fourth-order valence-corrected chi connectivity index (χ4v) is 3.30. The molecule has 0 bridgehead atoms. The number of aliphatic hydroxyl groups is 1. The van der Waals surface area contributed by atoms with Crippen molar-refractivity contribution in [1.82, 2.24) is 5.32 Å². The lowest BCUT2D eigenvalue weighted by molar-refractivity contribution is 0.1000. The van der Waals surface area contributed by atoms with Gasteiger partial charge in [-0.2, -0.15) is 0 Å². The van der Waals surface area contributed by atoms with Gasteiger partial charge in [0.15, 0.2) is 0 Å². The SMILES string of the molecule is C[C@H](CCc1ccc(C(N)=O)cc1)NCC(O)COc1cccc(OCc2ccccc2)c1.Cl. The van der Waals surface area contributed by atoms with Gasteiger partial charge in [-0.15, -0.1) is 12.4 Å². The molecule has 0 fully saturated rings. The Morgan fingerprint density at radius 2 is 1.62 bits per heavy atom. The van der Waals surface area contributed by atoms with E-state index in [1.165, 1.54) is 0 Å².